The van der Waals surface area contributed by atoms with E-state index >= 15 is 0 Å². The molecule has 10 heteroatoms. The molecule has 1 aromatic carbocycles. The number of nitrogens with one attached hydrogen (secondary N) is 1. The molecule has 0 fully saturated rings. The number of anilines is 3. The fraction of sp³-hybridized carbons (Fsp3) is 0.231. The molecule has 2 rings (SSSR count). The van der Waals surface area contributed by atoms with Gasteiger partial charge in [0, 0.05) is 17.8 Å². The number of aromatic nitrogens is 2. The SMILES string of the molecule is COc1cc(Nc2ncnc(N)c2[N+](=O)[O-])cc(OC)c1OC. The Balaban J connectivity index is 2.49. The van der Waals surface area contributed by atoms with Crippen molar-refractivity contribution in [2.24, 2.45) is 0 Å². The molecule has 0 amide bonds. The van der Waals surface area contributed by atoms with Crippen LogP contribution in [0.4, 0.5) is 23.0 Å². The molecule has 0 aliphatic rings. The standard InChI is InChI=1S/C13H15N5O5/c1-21-8-4-7(5-9(22-2)11(8)23-3)17-13-10(18(19)20)12(14)15-6-16-13/h4-6H,1-3H3,(H3,14,15,16,17). The summed E-state index contributed by atoms with van der Waals surface area (Å²) in [5.41, 5.74) is 5.56. The summed E-state index contributed by atoms with van der Waals surface area (Å²) < 4.78 is 15.7. The van der Waals surface area contributed by atoms with Crippen LogP contribution in [0.2, 0.25) is 0 Å². The molecule has 0 saturated heterocycles. The van der Waals surface area contributed by atoms with Crippen LogP contribution in [0, 0.1) is 10.1 Å². The smallest absolute Gasteiger partial charge is 0.353 e. The van der Waals surface area contributed by atoms with Crippen LogP contribution in [0.5, 0.6) is 17.2 Å². The number of nitro groups is 1. The molecule has 23 heavy (non-hydrogen) atoms. The number of nitrogen functional groups attached to an aromatic ring is 1. The Labute approximate surface area is 131 Å². The average molecular weight is 321 g/mol. The highest BCUT2D eigenvalue weighted by molar-refractivity contribution is 5.74. The molecule has 3 N–H and O–H groups in total. The molecule has 0 unspecified atom stereocenters. The Morgan fingerprint density at radius 1 is 1.13 bits per heavy atom. The van der Waals surface area contributed by atoms with E-state index in [9.17, 15) is 10.1 Å². The number of rotatable bonds is 6. The summed E-state index contributed by atoms with van der Waals surface area (Å²) in [7, 11) is 4.40. The first kappa shape index (κ1) is 16.1. The topological polar surface area (TPSA) is 135 Å². The Hall–Kier alpha value is -3.30. The van der Waals surface area contributed by atoms with Crippen LogP contribution >= 0.6 is 0 Å². The first-order valence-electron chi connectivity index (χ1n) is 6.33. The van der Waals surface area contributed by atoms with Crippen LogP contribution < -0.4 is 25.3 Å². The zero-order valence-electron chi connectivity index (χ0n) is 12.7. The molecule has 10 nitrogen and oxygen atoms in total. The van der Waals surface area contributed by atoms with Crippen LogP contribution in [0.1, 0.15) is 0 Å². The fourth-order valence-corrected chi connectivity index (χ4v) is 1.95. The normalized spacial score (nSPS) is 10.0. The van der Waals surface area contributed by atoms with Gasteiger partial charge in [-0.25, -0.2) is 9.97 Å². The van der Waals surface area contributed by atoms with Gasteiger partial charge in [-0.05, 0) is 0 Å². The van der Waals surface area contributed by atoms with Crippen molar-refractivity contribution >= 4 is 23.0 Å². The van der Waals surface area contributed by atoms with Crippen molar-refractivity contribution in [1.82, 2.24) is 9.97 Å². The number of ether oxygens (including phenoxy) is 3. The maximum atomic E-state index is 11.1. The second-order valence-electron chi connectivity index (χ2n) is 4.25. The van der Waals surface area contributed by atoms with Crippen LogP contribution in [0.15, 0.2) is 18.5 Å². The second-order valence-corrected chi connectivity index (χ2v) is 4.25. The van der Waals surface area contributed by atoms with Gasteiger partial charge in [-0.15, -0.1) is 0 Å². The van der Waals surface area contributed by atoms with Crippen molar-refractivity contribution in [2.45, 2.75) is 0 Å². The van der Waals surface area contributed by atoms with E-state index in [-0.39, 0.29) is 11.6 Å². The van der Waals surface area contributed by atoms with Gasteiger partial charge in [0.05, 0.1) is 26.3 Å². The Bertz CT molecular complexity index is 712. The molecular formula is C13H15N5O5. The number of nitrogens with zero attached hydrogens (tertiary/aromatic N) is 3. The summed E-state index contributed by atoms with van der Waals surface area (Å²) in [4.78, 5) is 17.9. The quantitative estimate of drug-likeness (QED) is 0.602. The Kier molecular flexibility index (Phi) is 4.64. The predicted octanol–water partition coefficient (Wildman–Crippen LogP) is 1.74. The lowest BCUT2D eigenvalue weighted by Gasteiger charge is -2.14. The minimum absolute atomic E-state index is 0.0447. The number of hydrogen-bond acceptors (Lipinski definition) is 9. The van der Waals surface area contributed by atoms with Crippen molar-refractivity contribution in [3.8, 4) is 17.2 Å². The first-order chi connectivity index (χ1) is 11.0. The van der Waals surface area contributed by atoms with Gasteiger partial charge in [-0.3, -0.25) is 10.1 Å². The Morgan fingerprint density at radius 3 is 2.22 bits per heavy atom. The van der Waals surface area contributed by atoms with Gasteiger partial charge in [-0.1, -0.05) is 0 Å². The molecular weight excluding hydrogens is 306 g/mol. The molecule has 0 radical (unpaired) electrons. The third-order valence-corrected chi connectivity index (χ3v) is 2.96. The lowest BCUT2D eigenvalue weighted by molar-refractivity contribution is -0.383. The van der Waals surface area contributed by atoms with Crippen molar-refractivity contribution in [2.75, 3.05) is 32.4 Å². The molecule has 0 bridgehead atoms. The van der Waals surface area contributed by atoms with Gasteiger partial charge < -0.3 is 25.3 Å². The average Bonchev–Trinajstić information content (AvgIpc) is 2.53. The number of nitrogens with two attached hydrogens (primary N) is 1. The zero-order chi connectivity index (χ0) is 17.0. The van der Waals surface area contributed by atoms with Crippen LogP contribution in [-0.2, 0) is 0 Å². The molecule has 1 heterocycles. The van der Waals surface area contributed by atoms with Crippen LogP contribution in [0.3, 0.4) is 0 Å². The molecule has 122 valence electrons. The van der Waals surface area contributed by atoms with Gasteiger partial charge in [-0.2, -0.15) is 0 Å². The van der Waals surface area contributed by atoms with Gasteiger partial charge in [0.2, 0.25) is 17.4 Å². The van der Waals surface area contributed by atoms with Gasteiger partial charge >= 0.3 is 5.69 Å². The summed E-state index contributed by atoms with van der Waals surface area (Å²) >= 11 is 0. The van der Waals surface area contributed by atoms with E-state index in [0.29, 0.717) is 22.9 Å². The highest BCUT2D eigenvalue weighted by atomic mass is 16.6. The first-order valence-corrected chi connectivity index (χ1v) is 6.33. The third-order valence-electron chi connectivity index (χ3n) is 2.96. The van der Waals surface area contributed by atoms with E-state index in [4.69, 9.17) is 19.9 Å². The lowest BCUT2D eigenvalue weighted by Crippen LogP contribution is -2.05. The zero-order valence-corrected chi connectivity index (χ0v) is 12.7. The number of methoxy groups -OCH3 is 3. The van der Waals surface area contributed by atoms with E-state index in [0.717, 1.165) is 6.33 Å². The fourth-order valence-electron chi connectivity index (χ4n) is 1.95. The van der Waals surface area contributed by atoms with Crippen molar-refractivity contribution in [1.29, 1.82) is 0 Å². The monoisotopic (exact) mass is 321 g/mol. The molecule has 2 aromatic rings. The molecule has 0 aliphatic carbocycles. The molecule has 0 atom stereocenters. The highest BCUT2D eigenvalue weighted by Gasteiger charge is 2.22. The highest BCUT2D eigenvalue weighted by Crippen LogP contribution is 2.41. The minimum Gasteiger partial charge on any atom is -0.493 e. The van der Waals surface area contributed by atoms with E-state index in [1.807, 2.05) is 0 Å². The van der Waals surface area contributed by atoms with E-state index in [1.165, 1.54) is 21.3 Å². The number of benzene rings is 1. The molecule has 1 aromatic heterocycles. The van der Waals surface area contributed by atoms with Crippen molar-refractivity contribution < 1.29 is 19.1 Å². The largest absolute Gasteiger partial charge is 0.493 e. The third kappa shape index (κ3) is 3.15. The molecule has 0 spiro atoms. The van der Waals surface area contributed by atoms with Crippen molar-refractivity contribution in [3.63, 3.8) is 0 Å². The lowest BCUT2D eigenvalue weighted by atomic mass is 10.2. The summed E-state index contributed by atoms with van der Waals surface area (Å²) in [5.74, 6) is 0.895. The van der Waals surface area contributed by atoms with Gasteiger partial charge in [0.1, 0.15) is 6.33 Å². The van der Waals surface area contributed by atoms with Gasteiger partial charge in [0.25, 0.3) is 0 Å². The summed E-state index contributed by atoms with van der Waals surface area (Å²) in [6.07, 6.45) is 1.13. The van der Waals surface area contributed by atoms with Crippen LogP contribution in [0.25, 0.3) is 0 Å². The van der Waals surface area contributed by atoms with Crippen molar-refractivity contribution in [3.05, 3.63) is 28.6 Å². The predicted molar refractivity (Wildman–Crippen MR) is 82.5 cm³/mol. The van der Waals surface area contributed by atoms with E-state index < -0.39 is 10.6 Å². The maximum Gasteiger partial charge on any atom is 0.353 e. The van der Waals surface area contributed by atoms with Crippen LogP contribution in [-0.4, -0.2) is 36.2 Å². The van der Waals surface area contributed by atoms with E-state index in [1.54, 1.807) is 12.1 Å². The number of hydrogen-bond donors (Lipinski definition) is 2. The maximum absolute atomic E-state index is 11.1. The molecule has 0 saturated carbocycles. The van der Waals surface area contributed by atoms with Gasteiger partial charge in [0.15, 0.2) is 11.5 Å². The second kappa shape index (κ2) is 6.64. The Morgan fingerprint density at radius 2 is 1.74 bits per heavy atom. The summed E-state index contributed by atoms with van der Waals surface area (Å²) in [6, 6.07) is 3.17. The summed E-state index contributed by atoms with van der Waals surface area (Å²) in [6.45, 7) is 0. The van der Waals surface area contributed by atoms with E-state index in [2.05, 4.69) is 15.3 Å². The summed E-state index contributed by atoms with van der Waals surface area (Å²) in [5, 5.41) is 13.9. The minimum atomic E-state index is -0.657. The molecule has 0 aliphatic heterocycles.